The average Bonchev–Trinajstić information content (AvgIpc) is 2.53. The molecule has 0 radical (unpaired) electrons. The third-order valence-electron chi connectivity index (χ3n) is 3.52. The zero-order valence-electron chi connectivity index (χ0n) is 11.8. The summed E-state index contributed by atoms with van der Waals surface area (Å²) in [5.74, 6) is -0.327. The summed E-state index contributed by atoms with van der Waals surface area (Å²) in [6.07, 6.45) is 3.24. The third-order valence-corrected chi connectivity index (χ3v) is 3.75. The van der Waals surface area contributed by atoms with Crippen LogP contribution in [0.4, 0.5) is 0 Å². The minimum Gasteiger partial charge on any atom is -0.389 e. The van der Waals surface area contributed by atoms with Crippen molar-refractivity contribution in [3.63, 3.8) is 0 Å². The van der Waals surface area contributed by atoms with Gasteiger partial charge in [-0.15, -0.1) is 0 Å². The largest absolute Gasteiger partial charge is 0.389 e. The smallest absolute Gasteiger partial charge is 0.251 e. The van der Waals surface area contributed by atoms with E-state index in [-0.39, 0.29) is 23.3 Å². The van der Waals surface area contributed by atoms with Crippen molar-refractivity contribution in [2.75, 3.05) is 19.6 Å². The molecule has 21 heavy (non-hydrogen) atoms. The van der Waals surface area contributed by atoms with Gasteiger partial charge in [-0.25, -0.2) is 0 Å². The van der Waals surface area contributed by atoms with Gasteiger partial charge in [0.15, 0.2) is 0 Å². The number of piperidine rings is 1. The molecular formula is C15H19N3O2S. The van der Waals surface area contributed by atoms with Crippen LogP contribution in [0.5, 0.6) is 0 Å². The summed E-state index contributed by atoms with van der Waals surface area (Å²) in [7, 11) is 0. The van der Waals surface area contributed by atoms with Gasteiger partial charge >= 0.3 is 0 Å². The van der Waals surface area contributed by atoms with Crippen LogP contribution in [-0.2, 0) is 4.79 Å². The molecule has 0 unspecified atom stereocenters. The Morgan fingerprint density at radius 3 is 2.52 bits per heavy atom. The first-order valence-electron chi connectivity index (χ1n) is 7.04. The first kappa shape index (κ1) is 15.4. The van der Waals surface area contributed by atoms with Crippen molar-refractivity contribution in [1.29, 1.82) is 0 Å². The molecule has 3 N–H and O–H groups in total. The molecule has 2 amide bonds. The van der Waals surface area contributed by atoms with E-state index in [1.165, 1.54) is 6.42 Å². The molecular weight excluding hydrogens is 286 g/mol. The molecule has 1 fully saturated rings. The molecule has 1 heterocycles. The third kappa shape index (κ3) is 4.26. The quantitative estimate of drug-likeness (QED) is 0.816. The van der Waals surface area contributed by atoms with E-state index in [0.717, 1.165) is 25.9 Å². The Hall–Kier alpha value is -1.95. The van der Waals surface area contributed by atoms with Crippen LogP contribution in [-0.4, -0.2) is 41.3 Å². The van der Waals surface area contributed by atoms with Crippen LogP contribution in [0.15, 0.2) is 24.3 Å². The molecule has 6 heteroatoms. The summed E-state index contributed by atoms with van der Waals surface area (Å²) in [5, 5.41) is 2.65. The molecule has 112 valence electrons. The molecule has 0 atom stereocenters. The van der Waals surface area contributed by atoms with Gasteiger partial charge in [0, 0.05) is 24.2 Å². The van der Waals surface area contributed by atoms with Gasteiger partial charge < -0.3 is 16.0 Å². The molecule has 1 saturated heterocycles. The van der Waals surface area contributed by atoms with Gasteiger partial charge in [-0.2, -0.15) is 0 Å². The summed E-state index contributed by atoms with van der Waals surface area (Å²) in [6.45, 7) is 1.59. The summed E-state index contributed by atoms with van der Waals surface area (Å²) in [6, 6.07) is 6.76. The van der Waals surface area contributed by atoms with Crippen molar-refractivity contribution >= 4 is 29.0 Å². The number of nitrogens with zero attached hydrogens (tertiary/aromatic N) is 1. The lowest BCUT2D eigenvalue weighted by atomic mass is 10.1. The number of hydrogen-bond acceptors (Lipinski definition) is 3. The molecule has 5 nitrogen and oxygen atoms in total. The van der Waals surface area contributed by atoms with Gasteiger partial charge in [0.1, 0.15) is 4.99 Å². The topological polar surface area (TPSA) is 75.4 Å². The lowest BCUT2D eigenvalue weighted by molar-refractivity contribution is -0.130. The number of carbonyl (C=O) groups excluding carboxylic acids is 2. The molecule has 0 spiro atoms. The van der Waals surface area contributed by atoms with Gasteiger partial charge in [0.25, 0.3) is 5.91 Å². The summed E-state index contributed by atoms with van der Waals surface area (Å²) >= 11 is 4.89. The number of amides is 2. The molecule has 1 aromatic rings. The van der Waals surface area contributed by atoms with Gasteiger partial charge in [-0.3, -0.25) is 9.59 Å². The second-order valence-electron chi connectivity index (χ2n) is 5.07. The van der Waals surface area contributed by atoms with Crippen molar-refractivity contribution in [3.05, 3.63) is 35.4 Å². The molecule has 1 aliphatic heterocycles. The summed E-state index contributed by atoms with van der Waals surface area (Å²) in [4.78, 5) is 26.1. The molecule has 0 aliphatic carbocycles. The second kappa shape index (κ2) is 7.17. The second-order valence-corrected chi connectivity index (χ2v) is 5.51. The first-order valence-corrected chi connectivity index (χ1v) is 7.44. The van der Waals surface area contributed by atoms with E-state index in [2.05, 4.69) is 5.32 Å². The van der Waals surface area contributed by atoms with Crippen LogP contribution in [0, 0.1) is 0 Å². The van der Waals surface area contributed by atoms with Crippen molar-refractivity contribution in [2.24, 2.45) is 5.73 Å². The monoisotopic (exact) mass is 305 g/mol. The first-order chi connectivity index (χ1) is 10.1. The van der Waals surface area contributed by atoms with Gasteiger partial charge in [-0.1, -0.05) is 24.4 Å². The Kier molecular flexibility index (Phi) is 5.27. The van der Waals surface area contributed by atoms with Crippen molar-refractivity contribution in [1.82, 2.24) is 10.2 Å². The van der Waals surface area contributed by atoms with Crippen molar-refractivity contribution < 1.29 is 9.59 Å². The number of hydrogen-bond donors (Lipinski definition) is 2. The average molecular weight is 305 g/mol. The number of carbonyl (C=O) groups is 2. The Balaban J connectivity index is 1.90. The maximum atomic E-state index is 12.0. The van der Waals surface area contributed by atoms with Crippen LogP contribution in [0.3, 0.4) is 0 Å². The van der Waals surface area contributed by atoms with Gasteiger partial charge in [0.05, 0.1) is 6.54 Å². The van der Waals surface area contributed by atoms with E-state index in [1.54, 1.807) is 29.2 Å². The maximum Gasteiger partial charge on any atom is 0.251 e. The number of likely N-dealkylation sites (tertiary alicyclic amines) is 1. The highest BCUT2D eigenvalue weighted by Crippen LogP contribution is 2.09. The zero-order valence-corrected chi connectivity index (χ0v) is 12.6. The van der Waals surface area contributed by atoms with E-state index in [4.69, 9.17) is 18.0 Å². The molecule has 0 bridgehead atoms. The molecule has 2 rings (SSSR count). The minimum absolute atomic E-state index is 0.0239. The van der Waals surface area contributed by atoms with Crippen LogP contribution < -0.4 is 11.1 Å². The molecule has 0 aromatic heterocycles. The Morgan fingerprint density at radius 2 is 1.86 bits per heavy atom. The van der Waals surface area contributed by atoms with E-state index in [1.807, 2.05) is 0 Å². The number of nitrogens with one attached hydrogen (secondary N) is 1. The van der Waals surface area contributed by atoms with E-state index in [9.17, 15) is 9.59 Å². The summed E-state index contributed by atoms with van der Waals surface area (Å²) < 4.78 is 0. The van der Waals surface area contributed by atoms with Crippen LogP contribution >= 0.6 is 12.2 Å². The Morgan fingerprint density at radius 1 is 1.19 bits per heavy atom. The van der Waals surface area contributed by atoms with Gasteiger partial charge in [-0.05, 0) is 31.4 Å². The van der Waals surface area contributed by atoms with Crippen molar-refractivity contribution in [2.45, 2.75) is 19.3 Å². The highest BCUT2D eigenvalue weighted by molar-refractivity contribution is 7.80. The minimum atomic E-state index is -0.293. The summed E-state index contributed by atoms with van der Waals surface area (Å²) in [5.41, 5.74) is 6.63. The Labute approximate surface area is 129 Å². The predicted octanol–water partition coefficient (Wildman–Crippen LogP) is 1.06. The van der Waals surface area contributed by atoms with Crippen LogP contribution in [0.2, 0.25) is 0 Å². The maximum absolute atomic E-state index is 12.0. The highest BCUT2D eigenvalue weighted by Gasteiger charge is 2.17. The standard InChI is InChI=1S/C15H19N3O2S/c16-14(21)11-5-4-6-12(9-11)15(20)17-10-13(19)18-7-2-1-3-8-18/h4-6,9H,1-3,7-8,10H2,(H2,16,21)(H,17,20). The highest BCUT2D eigenvalue weighted by atomic mass is 32.1. The van der Waals surface area contributed by atoms with Crippen LogP contribution in [0.25, 0.3) is 0 Å². The number of benzene rings is 1. The van der Waals surface area contributed by atoms with E-state index < -0.39 is 0 Å². The fraction of sp³-hybridized carbons (Fsp3) is 0.400. The van der Waals surface area contributed by atoms with Crippen LogP contribution in [0.1, 0.15) is 35.2 Å². The Bertz CT molecular complexity index is 554. The normalized spacial score (nSPS) is 14.6. The fourth-order valence-corrected chi connectivity index (χ4v) is 2.45. The van der Waals surface area contributed by atoms with Crippen molar-refractivity contribution in [3.8, 4) is 0 Å². The number of thiocarbonyl (C=S) groups is 1. The lowest BCUT2D eigenvalue weighted by Gasteiger charge is -2.26. The molecule has 1 aromatic carbocycles. The van der Waals surface area contributed by atoms with E-state index in [0.29, 0.717) is 11.1 Å². The number of nitrogens with two attached hydrogens (primary N) is 1. The van der Waals surface area contributed by atoms with E-state index >= 15 is 0 Å². The van der Waals surface area contributed by atoms with Gasteiger partial charge in [0.2, 0.25) is 5.91 Å². The fourth-order valence-electron chi connectivity index (χ4n) is 2.33. The zero-order chi connectivity index (χ0) is 15.2. The predicted molar refractivity (Wildman–Crippen MR) is 85.1 cm³/mol. The number of rotatable bonds is 4. The molecule has 0 saturated carbocycles. The SMILES string of the molecule is NC(=S)c1cccc(C(=O)NCC(=O)N2CCCCC2)c1. The lowest BCUT2D eigenvalue weighted by Crippen LogP contribution is -2.42. The molecule has 1 aliphatic rings.